The van der Waals surface area contributed by atoms with Gasteiger partial charge < -0.3 is 10.2 Å². The quantitative estimate of drug-likeness (QED) is 0.589. The average molecular weight is 299 g/mol. The Hall–Kier alpha value is -2.52. The summed E-state index contributed by atoms with van der Waals surface area (Å²) >= 11 is 1.31. The minimum absolute atomic E-state index is 0.366. The number of nitriles is 1. The van der Waals surface area contributed by atoms with Crippen molar-refractivity contribution >= 4 is 28.5 Å². The van der Waals surface area contributed by atoms with Crippen LogP contribution in [0, 0.1) is 17.1 Å². The minimum atomic E-state index is -0.366. The number of nitrogens with two attached hydrogens (primary N) is 1. The Morgan fingerprint density at radius 2 is 2.14 bits per heavy atom. The van der Waals surface area contributed by atoms with Gasteiger partial charge >= 0.3 is 0 Å². The molecule has 0 aliphatic rings. The first-order valence-corrected chi connectivity index (χ1v) is 7.11. The van der Waals surface area contributed by atoms with Crippen LogP contribution >= 0.6 is 11.8 Å². The van der Waals surface area contributed by atoms with Crippen molar-refractivity contribution in [3.63, 3.8) is 0 Å². The van der Waals surface area contributed by atoms with Gasteiger partial charge in [-0.15, -0.1) is 0 Å². The van der Waals surface area contributed by atoms with E-state index in [2.05, 4.69) is 4.98 Å². The number of nitrogen functional groups attached to an aromatic ring is 1. The van der Waals surface area contributed by atoms with E-state index in [0.29, 0.717) is 38.9 Å². The zero-order valence-electron chi connectivity index (χ0n) is 10.8. The highest BCUT2D eigenvalue weighted by Gasteiger charge is 2.09. The first-order valence-electron chi connectivity index (χ1n) is 6.13. The summed E-state index contributed by atoms with van der Waals surface area (Å²) in [6, 6.07) is 11.4. The monoisotopic (exact) mass is 299 g/mol. The summed E-state index contributed by atoms with van der Waals surface area (Å²) in [5.74, 6) is 0.0399. The van der Waals surface area contributed by atoms with Crippen LogP contribution in [-0.2, 0) is 5.75 Å². The summed E-state index contributed by atoms with van der Waals surface area (Å²) in [5, 5.41) is 9.48. The Balaban J connectivity index is 1.83. The number of nitrogens with zero attached hydrogens (tertiary/aromatic N) is 2. The molecule has 4 nitrogen and oxygen atoms in total. The summed E-state index contributed by atoms with van der Waals surface area (Å²) in [4.78, 5) is 4.31. The molecule has 0 bridgehead atoms. The number of hydrogen-bond acceptors (Lipinski definition) is 5. The third-order valence-corrected chi connectivity index (χ3v) is 3.81. The van der Waals surface area contributed by atoms with Crippen LogP contribution in [0.25, 0.3) is 11.1 Å². The highest BCUT2D eigenvalue weighted by molar-refractivity contribution is 7.98. The molecule has 2 N–H and O–H groups in total. The number of rotatable bonds is 3. The van der Waals surface area contributed by atoms with Crippen LogP contribution in [0.1, 0.15) is 11.1 Å². The minimum Gasteiger partial charge on any atom is -0.431 e. The van der Waals surface area contributed by atoms with E-state index in [9.17, 15) is 4.39 Å². The molecule has 21 heavy (non-hydrogen) atoms. The standard InChI is InChI=1S/C15H10FN3OS/c16-11-2-1-9(7-17)10(5-11)8-21-15-19-13-6-12(18)3-4-14(13)20-15/h1-6H,8,18H2. The number of benzene rings is 2. The second-order valence-corrected chi connectivity index (χ2v) is 5.34. The fourth-order valence-corrected chi connectivity index (χ4v) is 2.74. The molecule has 1 heterocycles. The Bertz CT molecular complexity index is 854. The van der Waals surface area contributed by atoms with Gasteiger partial charge in [0, 0.05) is 11.4 Å². The molecule has 0 saturated heterocycles. The topological polar surface area (TPSA) is 75.8 Å². The van der Waals surface area contributed by atoms with Gasteiger partial charge in [-0.3, -0.25) is 0 Å². The van der Waals surface area contributed by atoms with Crippen molar-refractivity contribution in [1.82, 2.24) is 4.98 Å². The van der Waals surface area contributed by atoms with E-state index in [4.69, 9.17) is 15.4 Å². The number of hydrogen-bond donors (Lipinski definition) is 1. The first kappa shape index (κ1) is 13.5. The van der Waals surface area contributed by atoms with Gasteiger partial charge in [0.05, 0.1) is 11.6 Å². The maximum atomic E-state index is 13.2. The van der Waals surface area contributed by atoms with E-state index >= 15 is 0 Å². The molecule has 0 atom stereocenters. The lowest BCUT2D eigenvalue weighted by Gasteiger charge is -2.01. The van der Waals surface area contributed by atoms with E-state index in [1.165, 1.54) is 30.0 Å². The molecule has 2 aromatic carbocycles. The fraction of sp³-hybridized carbons (Fsp3) is 0.0667. The van der Waals surface area contributed by atoms with Crippen LogP contribution in [0.15, 0.2) is 46.0 Å². The van der Waals surface area contributed by atoms with Crippen molar-refractivity contribution in [1.29, 1.82) is 5.26 Å². The van der Waals surface area contributed by atoms with Gasteiger partial charge in [-0.1, -0.05) is 11.8 Å². The normalized spacial score (nSPS) is 10.7. The van der Waals surface area contributed by atoms with Gasteiger partial charge in [-0.05, 0) is 42.0 Å². The van der Waals surface area contributed by atoms with Crippen molar-refractivity contribution in [3.05, 3.63) is 53.3 Å². The Morgan fingerprint density at radius 1 is 1.29 bits per heavy atom. The molecule has 3 rings (SSSR count). The number of fused-ring (bicyclic) bond motifs is 1. The highest BCUT2D eigenvalue weighted by Crippen LogP contribution is 2.28. The SMILES string of the molecule is N#Cc1ccc(F)cc1CSc1nc2cc(N)ccc2o1. The van der Waals surface area contributed by atoms with Gasteiger partial charge in [-0.2, -0.15) is 5.26 Å². The third-order valence-electron chi connectivity index (χ3n) is 2.93. The lowest BCUT2D eigenvalue weighted by Crippen LogP contribution is -1.89. The summed E-state index contributed by atoms with van der Waals surface area (Å²) < 4.78 is 18.8. The van der Waals surface area contributed by atoms with E-state index in [-0.39, 0.29) is 5.82 Å². The summed E-state index contributed by atoms with van der Waals surface area (Å²) in [5.41, 5.74) is 8.69. The number of halogens is 1. The molecule has 0 spiro atoms. The fourth-order valence-electron chi connectivity index (χ4n) is 1.92. The second kappa shape index (κ2) is 5.46. The lowest BCUT2D eigenvalue weighted by atomic mass is 10.1. The number of oxazole rings is 1. The average Bonchev–Trinajstić information content (AvgIpc) is 2.87. The van der Waals surface area contributed by atoms with Crippen LogP contribution < -0.4 is 5.73 Å². The van der Waals surface area contributed by atoms with Gasteiger partial charge in [0.25, 0.3) is 5.22 Å². The molecule has 6 heteroatoms. The summed E-state index contributed by atoms with van der Waals surface area (Å²) in [6.45, 7) is 0. The molecule has 1 aromatic heterocycles. The molecule has 3 aromatic rings. The number of anilines is 1. The van der Waals surface area contributed by atoms with Crippen LogP contribution in [0.3, 0.4) is 0 Å². The second-order valence-electron chi connectivity index (χ2n) is 4.41. The van der Waals surface area contributed by atoms with Crippen molar-refractivity contribution in [2.24, 2.45) is 0 Å². The molecular weight excluding hydrogens is 289 g/mol. The molecule has 104 valence electrons. The maximum absolute atomic E-state index is 13.2. The smallest absolute Gasteiger partial charge is 0.257 e. The van der Waals surface area contributed by atoms with Crippen LogP contribution in [0.5, 0.6) is 0 Å². The third kappa shape index (κ3) is 2.83. The molecule has 0 saturated carbocycles. The zero-order chi connectivity index (χ0) is 14.8. The van der Waals surface area contributed by atoms with Gasteiger partial charge in [0.15, 0.2) is 5.58 Å². The molecule has 0 fully saturated rings. The zero-order valence-corrected chi connectivity index (χ0v) is 11.7. The van der Waals surface area contributed by atoms with Crippen LogP contribution in [-0.4, -0.2) is 4.98 Å². The number of aromatic nitrogens is 1. The van der Waals surface area contributed by atoms with E-state index in [1.54, 1.807) is 18.2 Å². The Labute approximate surface area is 124 Å². The number of thioether (sulfide) groups is 1. The van der Waals surface area contributed by atoms with Gasteiger partial charge in [-0.25, -0.2) is 9.37 Å². The van der Waals surface area contributed by atoms with E-state index in [1.807, 2.05) is 6.07 Å². The Kier molecular flexibility index (Phi) is 3.50. The maximum Gasteiger partial charge on any atom is 0.257 e. The van der Waals surface area contributed by atoms with Crippen molar-refractivity contribution in [2.45, 2.75) is 11.0 Å². The molecule has 0 aliphatic heterocycles. The van der Waals surface area contributed by atoms with Crippen molar-refractivity contribution < 1.29 is 8.81 Å². The predicted molar refractivity (Wildman–Crippen MR) is 79.1 cm³/mol. The van der Waals surface area contributed by atoms with Gasteiger partial charge in [0.1, 0.15) is 11.3 Å². The van der Waals surface area contributed by atoms with E-state index in [0.717, 1.165) is 0 Å². The van der Waals surface area contributed by atoms with Gasteiger partial charge in [0.2, 0.25) is 0 Å². The largest absolute Gasteiger partial charge is 0.431 e. The molecular formula is C15H10FN3OS. The highest BCUT2D eigenvalue weighted by atomic mass is 32.2. The summed E-state index contributed by atoms with van der Waals surface area (Å²) in [7, 11) is 0. The summed E-state index contributed by atoms with van der Waals surface area (Å²) in [6.07, 6.45) is 0. The lowest BCUT2D eigenvalue weighted by molar-refractivity contribution is 0.489. The predicted octanol–water partition coefficient (Wildman–Crippen LogP) is 3.71. The van der Waals surface area contributed by atoms with Crippen LogP contribution in [0.2, 0.25) is 0 Å². The molecule has 0 amide bonds. The first-order chi connectivity index (χ1) is 10.2. The molecule has 0 aliphatic carbocycles. The molecule has 0 unspecified atom stereocenters. The van der Waals surface area contributed by atoms with E-state index < -0.39 is 0 Å². The van der Waals surface area contributed by atoms with Crippen molar-refractivity contribution in [3.8, 4) is 6.07 Å². The molecule has 0 radical (unpaired) electrons. The Morgan fingerprint density at radius 3 is 2.95 bits per heavy atom. The van der Waals surface area contributed by atoms with Crippen LogP contribution in [0.4, 0.5) is 10.1 Å². The van der Waals surface area contributed by atoms with Crippen molar-refractivity contribution in [2.75, 3.05) is 5.73 Å².